The molecule has 1 aliphatic rings. The Balaban J connectivity index is 1.50. The molecule has 1 aliphatic heterocycles. The third kappa shape index (κ3) is 6.72. The highest BCUT2D eigenvalue weighted by atomic mass is 32.2. The highest BCUT2D eigenvalue weighted by Gasteiger charge is 2.39. The van der Waals surface area contributed by atoms with Crippen molar-refractivity contribution in [1.29, 1.82) is 0 Å². The van der Waals surface area contributed by atoms with E-state index >= 15 is 0 Å². The minimum atomic E-state index is -4.08. The normalized spacial score (nSPS) is 20.1. The van der Waals surface area contributed by atoms with Gasteiger partial charge in [-0.15, -0.1) is 0 Å². The summed E-state index contributed by atoms with van der Waals surface area (Å²) in [5.41, 5.74) is 3.38. The zero-order chi connectivity index (χ0) is 26.6. The van der Waals surface area contributed by atoms with E-state index in [9.17, 15) is 16.8 Å². The van der Waals surface area contributed by atoms with Crippen LogP contribution >= 0.6 is 0 Å². The minimum Gasteiger partial charge on any atom is -0.340 e. The third-order valence-electron chi connectivity index (χ3n) is 5.85. The summed E-state index contributed by atoms with van der Waals surface area (Å²) in [6.07, 6.45) is -1.01. The van der Waals surface area contributed by atoms with Crippen LogP contribution in [-0.2, 0) is 38.1 Å². The van der Waals surface area contributed by atoms with E-state index in [1.54, 1.807) is 42.5 Å². The van der Waals surface area contributed by atoms with Crippen molar-refractivity contribution in [2.75, 3.05) is 13.2 Å². The number of hydrogen-bond donors (Lipinski definition) is 0. The van der Waals surface area contributed by atoms with E-state index in [4.69, 9.17) is 17.8 Å². The van der Waals surface area contributed by atoms with Crippen LogP contribution in [0, 0.1) is 13.8 Å². The zero-order valence-corrected chi connectivity index (χ0v) is 22.1. The summed E-state index contributed by atoms with van der Waals surface area (Å²) in [7, 11) is -8.15. The molecule has 37 heavy (non-hydrogen) atoms. The van der Waals surface area contributed by atoms with Crippen LogP contribution in [0.15, 0.2) is 89.2 Å². The summed E-state index contributed by atoms with van der Waals surface area (Å²) in [4.78, 5) is 0.00616. The smallest absolute Gasteiger partial charge is 0.297 e. The van der Waals surface area contributed by atoms with E-state index < -0.39 is 51.9 Å². The Morgan fingerprint density at radius 1 is 0.703 bits per heavy atom. The lowest BCUT2D eigenvalue weighted by Crippen LogP contribution is -2.33. The van der Waals surface area contributed by atoms with Gasteiger partial charge in [-0.3, -0.25) is 8.37 Å². The maximum absolute atomic E-state index is 12.7. The van der Waals surface area contributed by atoms with E-state index in [1.165, 1.54) is 24.3 Å². The topological polar surface area (TPSA) is 105 Å². The minimum absolute atomic E-state index is 0.00308. The van der Waals surface area contributed by atoms with Crippen molar-refractivity contribution in [1.82, 2.24) is 0 Å². The molecular weight excluding hydrogens is 516 g/mol. The molecule has 8 nitrogen and oxygen atoms in total. The van der Waals surface area contributed by atoms with Gasteiger partial charge in [0.1, 0.15) is 12.2 Å². The van der Waals surface area contributed by atoms with Gasteiger partial charge in [0.05, 0.1) is 23.0 Å². The molecule has 0 aliphatic carbocycles. The number of aryl methyl sites for hydroxylation is 2. The van der Waals surface area contributed by atoms with Crippen LogP contribution < -0.4 is 0 Å². The van der Waals surface area contributed by atoms with E-state index in [1.807, 2.05) is 26.0 Å². The predicted octanol–water partition coefficient (Wildman–Crippen LogP) is 4.54. The van der Waals surface area contributed by atoms with E-state index in [-0.39, 0.29) is 9.79 Å². The lowest BCUT2D eigenvalue weighted by molar-refractivity contribution is -0.0750. The van der Waals surface area contributed by atoms with Gasteiger partial charge in [-0.25, -0.2) is 0 Å². The fourth-order valence-corrected chi connectivity index (χ4v) is 5.46. The largest absolute Gasteiger partial charge is 0.340 e. The molecule has 1 heterocycles. The maximum Gasteiger partial charge on any atom is 0.297 e. The highest BCUT2D eigenvalue weighted by Crippen LogP contribution is 2.33. The molecule has 3 aromatic rings. The molecule has 196 valence electrons. The Kier molecular flexibility index (Phi) is 8.27. The first-order valence-electron chi connectivity index (χ1n) is 11.5. The quantitative estimate of drug-likeness (QED) is 0.343. The standard InChI is InChI=1S/C27H28O8S2/c1-4-21-9-11-22(12-10-21)27-34-25(17-32-36(28,29)23-13-5-19(2)6-14-23)26(35-27)18-33-37(30,31)24-15-7-20(3)8-16-24/h4-16,25-27H,1,17-18H2,2-3H3. The Labute approximate surface area is 217 Å². The number of rotatable bonds is 10. The first-order valence-corrected chi connectivity index (χ1v) is 14.3. The molecule has 3 aromatic carbocycles. The molecule has 4 rings (SSSR count). The van der Waals surface area contributed by atoms with Crippen LogP contribution in [0.2, 0.25) is 0 Å². The molecule has 0 radical (unpaired) electrons. The number of benzene rings is 3. The highest BCUT2D eigenvalue weighted by molar-refractivity contribution is 7.87. The van der Waals surface area contributed by atoms with Crippen molar-refractivity contribution in [3.05, 3.63) is 102 Å². The Morgan fingerprint density at radius 2 is 1.11 bits per heavy atom. The van der Waals surface area contributed by atoms with Crippen LogP contribution in [0.1, 0.15) is 28.5 Å². The maximum atomic E-state index is 12.7. The second kappa shape index (κ2) is 11.3. The first-order chi connectivity index (χ1) is 17.6. The van der Waals surface area contributed by atoms with Crippen molar-refractivity contribution in [2.45, 2.75) is 42.1 Å². The van der Waals surface area contributed by atoms with Crippen molar-refractivity contribution >= 4 is 26.3 Å². The van der Waals surface area contributed by atoms with Crippen molar-refractivity contribution in [2.24, 2.45) is 0 Å². The summed E-state index contributed by atoms with van der Waals surface area (Å²) in [6, 6.07) is 19.7. The van der Waals surface area contributed by atoms with Crippen LogP contribution in [0.3, 0.4) is 0 Å². The Hall–Kier alpha value is -2.86. The molecule has 10 heteroatoms. The van der Waals surface area contributed by atoms with Gasteiger partial charge in [-0.1, -0.05) is 72.3 Å². The van der Waals surface area contributed by atoms with E-state index in [0.29, 0.717) is 5.56 Å². The van der Waals surface area contributed by atoms with Crippen LogP contribution in [-0.4, -0.2) is 42.3 Å². The predicted molar refractivity (Wildman–Crippen MR) is 138 cm³/mol. The van der Waals surface area contributed by atoms with E-state index in [2.05, 4.69) is 6.58 Å². The SMILES string of the molecule is C=Cc1ccc(C2OC(COS(=O)(=O)c3ccc(C)cc3)C(COS(=O)(=O)c3ccc(C)cc3)O2)cc1. The molecule has 0 bridgehead atoms. The van der Waals surface area contributed by atoms with Crippen molar-refractivity contribution in [3.8, 4) is 0 Å². The Morgan fingerprint density at radius 3 is 1.49 bits per heavy atom. The van der Waals surface area contributed by atoms with Gasteiger partial charge in [0.2, 0.25) is 0 Å². The fraction of sp³-hybridized carbons (Fsp3) is 0.259. The number of ether oxygens (including phenoxy) is 2. The summed E-state index contributed by atoms with van der Waals surface area (Å²) < 4.78 is 73.3. The molecule has 0 aromatic heterocycles. The van der Waals surface area contributed by atoms with E-state index in [0.717, 1.165) is 16.7 Å². The van der Waals surface area contributed by atoms with Gasteiger partial charge in [0.25, 0.3) is 20.2 Å². The van der Waals surface area contributed by atoms with Gasteiger partial charge < -0.3 is 9.47 Å². The molecule has 0 saturated carbocycles. The summed E-state index contributed by atoms with van der Waals surface area (Å²) in [5.74, 6) is 0. The van der Waals surface area contributed by atoms with Gasteiger partial charge >= 0.3 is 0 Å². The summed E-state index contributed by atoms with van der Waals surface area (Å²) >= 11 is 0. The number of hydrogen-bond acceptors (Lipinski definition) is 8. The van der Waals surface area contributed by atoms with Crippen LogP contribution in [0.25, 0.3) is 6.08 Å². The molecule has 0 amide bonds. The molecule has 1 saturated heterocycles. The van der Waals surface area contributed by atoms with Gasteiger partial charge in [-0.2, -0.15) is 16.8 Å². The molecule has 2 atom stereocenters. The Bertz CT molecular complexity index is 1340. The summed E-state index contributed by atoms with van der Waals surface area (Å²) in [6.45, 7) is 6.63. The first kappa shape index (κ1) is 27.2. The van der Waals surface area contributed by atoms with Gasteiger partial charge in [0, 0.05) is 5.56 Å². The zero-order valence-electron chi connectivity index (χ0n) is 20.4. The summed E-state index contributed by atoms with van der Waals surface area (Å²) in [5, 5.41) is 0. The lowest BCUT2D eigenvalue weighted by Gasteiger charge is -2.17. The van der Waals surface area contributed by atoms with Crippen molar-refractivity contribution < 1.29 is 34.7 Å². The van der Waals surface area contributed by atoms with Crippen LogP contribution in [0.5, 0.6) is 0 Å². The second-order valence-electron chi connectivity index (χ2n) is 8.66. The van der Waals surface area contributed by atoms with Crippen LogP contribution in [0.4, 0.5) is 0 Å². The average molecular weight is 545 g/mol. The molecule has 1 fully saturated rings. The second-order valence-corrected chi connectivity index (χ2v) is 11.9. The lowest BCUT2D eigenvalue weighted by atomic mass is 10.1. The fourth-order valence-electron chi connectivity index (χ4n) is 3.62. The average Bonchev–Trinajstić information content (AvgIpc) is 3.30. The molecule has 2 unspecified atom stereocenters. The third-order valence-corrected chi connectivity index (χ3v) is 8.44. The van der Waals surface area contributed by atoms with Crippen molar-refractivity contribution in [3.63, 3.8) is 0 Å². The van der Waals surface area contributed by atoms with Gasteiger partial charge in [-0.05, 0) is 43.7 Å². The molecule has 0 N–H and O–H groups in total. The van der Waals surface area contributed by atoms with Gasteiger partial charge in [0.15, 0.2) is 6.29 Å². The molecule has 0 spiro atoms. The monoisotopic (exact) mass is 544 g/mol. The molecular formula is C27H28O8S2.